The van der Waals surface area contributed by atoms with Crippen molar-refractivity contribution in [3.63, 3.8) is 0 Å². The molecule has 4 nitrogen and oxygen atoms in total. The number of aliphatic hydroxyl groups is 1. The number of aryl methyl sites for hydroxylation is 2. The molecule has 0 bridgehead atoms. The van der Waals surface area contributed by atoms with Crippen LogP contribution >= 0.6 is 15.9 Å². The van der Waals surface area contributed by atoms with Crippen molar-refractivity contribution < 1.29 is 9.90 Å². The highest BCUT2D eigenvalue weighted by atomic mass is 79.9. The number of halogens is 1. The van der Waals surface area contributed by atoms with Crippen molar-refractivity contribution >= 4 is 33.3 Å². The summed E-state index contributed by atoms with van der Waals surface area (Å²) in [6, 6.07) is 8.02. The minimum absolute atomic E-state index is 0.291. The monoisotopic (exact) mass is 452 g/mol. The van der Waals surface area contributed by atoms with Crippen LogP contribution in [-0.2, 0) is 16.8 Å². The Morgan fingerprint density at radius 2 is 2.14 bits per heavy atom. The second kappa shape index (κ2) is 7.59. The summed E-state index contributed by atoms with van der Waals surface area (Å²) in [5.41, 5.74) is 3.78. The summed E-state index contributed by atoms with van der Waals surface area (Å²) in [6.07, 6.45) is 4.30. The molecule has 2 aliphatic carbocycles. The first-order valence-electron chi connectivity index (χ1n) is 10.2. The standard InChI is InChI=1S/C24H25BrN2O2/c1-4-5-6-22(28)27(20-13-15(2)19(25)14-18(20)16-7-8-16)21-10-9-17-11-12-24(3,29)23(17)26-21/h9-10,13-14,16,29H,4,7-8,11-12H2,1-3H3/t24-/m0/s1. The molecule has 1 saturated carbocycles. The minimum Gasteiger partial charge on any atom is -0.384 e. The molecule has 1 heterocycles. The maximum absolute atomic E-state index is 13.2. The number of pyridine rings is 1. The summed E-state index contributed by atoms with van der Waals surface area (Å²) in [6.45, 7) is 5.73. The Balaban J connectivity index is 1.89. The Bertz CT molecular complexity index is 1040. The molecule has 150 valence electrons. The average molecular weight is 453 g/mol. The summed E-state index contributed by atoms with van der Waals surface area (Å²) in [4.78, 5) is 19.6. The van der Waals surface area contributed by atoms with Crippen molar-refractivity contribution in [1.29, 1.82) is 0 Å². The largest absolute Gasteiger partial charge is 0.384 e. The molecule has 2 aliphatic rings. The molecule has 1 N–H and O–H groups in total. The van der Waals surface area contributed by atoms with Gasteiger partial charge in [-0.2, -0.15) is 0 Å². The van der Waals surface area contributed by atoms with Crippen LogP contribution in [0.5, 0.6) is 0 Å². The third-order valence-electron chi connectivity index (χ3n) is 5.73. The fourth-order valence-corrected chi connectivity index (χ4v) is 4.28. The summed E-state index contributed by atoms with van der Waals surface area (Å²) >= 11 is 3.64. The van der Waals surface area contributed by atoms with E-state index in [2.05, 4.69) is 33.8 Å². The fourth-order valence-electron chi connectivity index (χ4n) is 3.92. The van der Waals surface area contributed by atoms with Crippen LogP contribution in [0.4, 0.5) is 11.5 Å². The molecule has 1 atom stereocenters. The summed E-state index contributed by atoms with van der Waals surface area (Å²) in [5.74, 6) is 6.34. The molecular formula is C24H25BrN2O2. The van der Waals surface area contributed by atoms with Gasteiger partial charge in [0.15, 0.2) is 0 Å². The number of aromatic nitrogens is 1. The number of benzene rings is 1. The Morgan fingerprint density at radius 3 is 2.83 bits per heavy atom. The first-order chi connectivity index (χ1) is 13.8. The third-order valence-corrected chi connectivity index (χ3v) is 6.58. The van der Waals surface area contributed by atoms with Gasteiger partial charge in [0.25, 0.3) is 0 Å². The highest BCUT2D eigenvalue weighted by Crippen LogP contribution is 2.47. The molecule has 0 saturated heterocycles. The molecule has 1 aromatic heterocycles. The van der Waals surface area contributed by atoms with Gasteiger partial charge in [-0.25, -0.2) is 4.98 Å². The van der Waals surface area contributed by atoms with Gasteiger partial charge in [0.2, 0.25) is 0 Å². The number of amides is 1. The van der Waals surface area contributed by atoms with Crippen molar-refractivity contribution in [2.75, 3.05) is 4.90 Å². The van der Waals surface area contributed by atoms with Crippen LogP contribution in [0.1, 0.15) is 67.8 Å². The van der Waals surface area contributed by atoms with E-state index in [1.807, 2.05) is 32.0 Å². The molecule has 0 aliphatic heterocycles. The number of nitrogens with zero attached hydrogens (tertiary/aromatic N) is 2. The highest BCUT2D eigenvalue weighted by Gasteiger charge is 2.36. The lowest BCUT2D eigenvalue weighted by molar-refractivity contribution is -0.112. The van der Waals surface area contributed by atoms with E-state index in [1.54, 1.807) is 11.8 Å². The number of anilines is 2. The normalized spacial score (nSPS) is 20.0. The SMILES string of the molecule is CCC#CC(=O)N(c1ccc2c(n1)[C@@](C)(O)CC2)c1cc(C)c(Br)cc1C1CC1. The first kappa shape index (κ1) is 20.1. The third kappa shape index (κ3) is 3.84. The Morgan fingerprint density at radius 1 is 1.38 bits per heavy atom. The van der Waals surface area contributed by atoms with E-state index >= 15 is 0 Å². The molecular weight excluding hydrogens is 428 g/mol. The zero-order chi connectivity index (χ0) is 20.8. The van der Waals surface area contributed by atoms with Crippen LogP contribution < -0.4 is 4.90 Å². The van der Waals surface area contributed by atoms with Crippen molar-refractivity contribution in [2.24, 2.45) is 0 Å². The van der Waals surface area contributed by atoms with E-state index in [0.717, 1.165) is 46.1 Å². The van der Waals surface area contributed by atoms with Gasteiger partial charge in [-0.3, -0.25) is 9.69 Å². The van der Waals surface area contributed by atoms with Crippen LogP contribution in [0.3, 0.4) is 0 Å². The zero-order valence-corrected chi connectivity index (χ0v) is 18.6. The molecule has 0 spiro atoms. The van der Waals surface area contributed by atoms with E-state index in [4.69, 9.17) is 4.98 Å². The smallest absolute Gasteiger partial charge is 0.308 e. The van der Waals surface area contributed by atoms with Gasteiger partial charge in [0.05, 0.1) is 11.4 Å². The number of fused-ring (bicyclic) bond motifs is 1. The van der Waals surface area contributed by atoms with Crippen molar-refractivity contribution in [3.05, 3.63) is 51.1 Å². The minimum atomic E-state index is -0.968. The number of carbonyl (C=O) groups is 1. The topological polar surface area (TPSA) is 53.4 Å². The summed E-state index contributed by atoms with van der Waals surface area (Å²) in [5, 5.41) is 10.7. The molecule has 0 unspecified atom stereocenters. The maximum atomic E-state index is 13.2. The van der Waals surface area contributed by atoms with Gasteiger partial charge in [-0.1, -0.05) is 34.8 Å². The van der Waals surface area contributed by atoms with E-state index in [1.165, 1.54) is 0 Å². The first-order valence-corrected chi connectivity index (χ1v) is 11.0. The molecule has 29 heavy (non-hydrogen) atoms. The number of rotatable bonds is 3. The number of hydrogen-bond acceptors (Lipinski definition) is 3. The van der Waals surface area contributed by atoms with E-state index < -0.39 is 5.60 Å². The van der Waals surface area contributed by atoms with Crippen LogP contribution in [-0.4, -0.2) is 16.0 Å². The lowest BCUT2D eigenvalue weighted by Gasteiger charge is -2.25. The second-order valence-electron chi connectivity index (χ2n) is 8.18. The molecule has 4 rings (SSSR count). The van der Waals surface area contributed by atoms with Crippen LogP contribution in [0, 0.1) is 18.8 Å². The quantitative estimate of drug-likeness (QED) is 0.645. The second-order valence-corrected chi connectivity index (χ2v) is 9.04. The molecule has 2 aromatic rings. The van der Waals surface area contributed by atoms with Gasteiger partial charge >= 0.3 is 5.91 Å². The highest BCUT2D eigenvalue weighted by molar-refractivity contribution is 9.10. The Kier molecular flexibility index (Phi) is 5.27. The zero-order valence-electron chi connectivity index (χ0n) is 17.1. The Labute approximate surface area is 180 Å². The van der Waals surface area contributed by atoms with E-state index in [0.29, 0.717) is 30.3 Å². The predicted molar refractivity (Wildman–Crippen MR) is 118 cm³/mol. The van der Waals surface area contributed by atoms with E-state index in [9.17, 15) is 9.90 Å². The van der Waals surface area contributed by atoms with Gasteiger partial charge in [0.1, 0.15) is 11.4 Å². The Hall–Kier alpha value is -2.16. The summed E-state index contributed by atoms with van der Waals surface area (Å²) in [7, 11) is 0. The molecule has 1 fully saturated rings. The van der Waals surface area contributed by atoms with E-state index in [-0.39, 0.29) is 5.91 Å². The molecule has 1 aromatic carbocycles. The lowest BCUT2D eigenvalue weighted by atomic mass is 10.0. The molecule has 1 amide bonds. The molecule has 5 heteroatoms. The molecule has 0 radical (unpaired) electrons. The number of hydrogen-bond donors (Lipinski definition) is 1. The van der Waals surface area contributed by atoms with Crippen molar-refractivity contribution in [2.45, 2.75) is 64.4 Å². The van der Waals surface area contributed by atoms with Gasteiger partial charge in [-0.05, 0) is 86.3 Å². The van der Waals surface area contributed by atoms with Gasteiger partial charge in [0, 0.05) is 10.9 Å². The van der Waals surface area contributed by atoms with Crippen LogP contribution in [0.2, 0.25) is 0 Å². The number of carbonyl (C=O) groups excluding carboxylic acids is 1. The fraction of sp³-hybridized carbons (Fsp3) is 0.417. The van der Waals surface area contributed by atoms with Crippen molar-refractivity contribution in [3.8, 4) is 11.8 Å². The average Bonchev–Trinajstić information content (AvgIpc) is 3.48. The lowest BCUT2D eigenvalue weighted by Crippen LogP contribution is -2.28. The van der Waals surface area contributed by atoms with Crippen LogP contribution in [0.15, 0.2) is 28.7 Å². The maximum Gasteiger partial charge on any atom is 0.308 e. The van der Waals surface area contributed by atoms with Gasteiger partial charge in [-0.15, -0.1) is 0 Å². The van der Waals surface area contributed by atoms with Crippen LogP contribution in [0.25, 0.3) is 0 Å². The van der Waals surface area contributed by atoms with Gasteiger partial charge < -0.3 is 5.11 Å². The predicted octanol–water partition coefficient (Wildman–Crippen LogP) is 5.26. The summed E-state index contributed by atoms with van der Waals surface area (Å²) < 4.78 is 1.04. The van der Waals surface area contributed by atoms with Crippen molar-refractivity contribution in [1.82, 2.24) is 4.98 Å².